The molecule has 2 aromatic carbocycles. The van der Waals surface area contributed by atoms with Gasteiger partial charge in [0, 0.05) is 15.4 Å². The van der Waals surface area contributed by atoms with Crippen LogP contribution in [0.4, 0.5) is 0 Å². The van der Waals surface area contributed by atoms with Crippen LogP contribution in [0.25, 0.3) is 11.0 Å². The first-order valence-corrected chi connectivity index (χ1v) is 6.88. The Hall–Kier alpha value is -2.07. The molecule has 0 spiro atoms. The number of furan rings is 1. The van der Waals surface area contributed by atoms with Gasteiger partial charge in [-0.3, -0.25) is 4.79 Å². The third-order valence-electron chi connectivity index (χ3n) is 3.18. The number of benzene rings is 2. The lowest BCUT2D eigenvalue weighted by Crippen LogP contribution is -2.01. The number of carbonyl (C=O) groups is 1. The second-order valence-electron chi connectivity index (χ2n) is 4.55. The summed E-state index contributed by atoms with van der Waals surface area (Å²) in [6, 6.07) is 11.8. The molecule has 3 aromatic rings. The standard InChI is InChI=1S/C16H11BrO3/c1-9-15(13-7-4-11(17)8-14(13)20-9)16(19)10-2-5-12(18)6-3-10/h2-8,18H,1H3. The van der Waals surface area contributed by atoms with Gasteiger partial charge in [-0.15, -0.1) is 0 Å². The van der Waals surface area contributed by atoms with Crippen LogP contribution >= 0.6 is 15.9 Å². The normalized spacial score (nSPS) is 10.9. The molecule has 0 atom stereocenters. The molecule has 0 bridgehead atoms. The van der Waals surface area contributed by atoms with Crippen molar-refractivity contribution in [2.75, 3.05) is 0 Å². The van der Waals surface area contributed by atoms with Gasteiger partial charge in [0.15, 0.2) is 5.78 Å². The van der Waals surface area contributed by atoms with E-state index in [1.165, 1.54) is 12.1 Å². The highest BCUT2D eigenvalue weighted by molar-refractivity contribution is 9.10. The van der Waals surface area contributed by atoms with E-state index in [2.05, 4.69) is 15.9 Å². The van der Waals surface area contributed by atoms with Gasteiger partial charge in [-0.25, -0.2) is 0 Å². The molecule has 100 valence electrons. The molecule has 0 amide bonds. The predicted octanol–water partition coefficient (Wildman–Crippen LogP) is 4.44. The van der Waals surface area contributed by atoms with Gasteiger partial charge in [0.25, 0.3) is 0 Å². The number of ketones is 1. The molecule has 1 heterocycles. The minimum Gasteiger partial charge on any atom is -0.508 e. The van der Waals surface area contributed by atoms with Crippen LogP contribution in [-0.4, -0.2) is 10.9 Å². The molecular weight excluding hydrogens is 320 g/mol. The van der Waals surface area contributed by atoms with E-state index in [-0.39, 0.29) is 11.5 Å². The number of carbonyl (C=O) groups excluding carboxylic acids is 1. The first-order chi connectivity index (χ1) is 9.56. The molecule has 0 radical (unpaired) electrons. The Bertz CT molecular complexity index is 800. The fourth-order valence-electron chi connectivity index (χ4n) is 2.23. The number of fused-ring (bicyclic) bond motifs is 1. The summed E-state index contributed by atoms with van der Waals surface area (Å²) in [7, 11) is 0. The first kappa shape index (κ1) is 12.9. The molecule has 0 aliphatic carbocycles. The van der Waals surface area contributed by atoms with Crippen LogP contribution < -0.4 is 0 Å². The van der Waals surface area contributed by atoms with Crippen molar-refractivity contribution in [3.63, 3.8) is 0 Å². The van der Waals surface area contributed by atoms with Crippen LogP contribution in [-0.2, 0) is 0 Å². The number of aryl methyl sites for hydroxylation is 1. The van der Waals surface area contributed by atoms with Gasteiger partial charge in [-0.2, -0.15) is 0 Å². The summed E-state index contributed by atoms with van der Waals surface area (Å²) in [4.78, 5) is 12.6. The smallest absolute Gasteiger partial charge is 0.197 e. The molecule has 1 aromatic heterocycles. The molecule has 0 aliphatic heterocycles. The van der Waals surface area contributed by atoms with Crippen LogP contribution in [0.1, 0.15) is 21.7 Å². The monoisotopic (exact) mass is 330 g/mol. The zero-order chi connectivity index (χ0) is 14.3. The van der Waals surface area contributed by atoms with Crippen LogP contribution in [0.3, 0.4) is 0 Å². The van der Waals surface area contributed by atoms with Gasteiger partial charge in [-0.05, 0) is 49.4 Å². The van der Waals surface area contributed by atoms with Crippen LogP contribution in [0.2, 0.25) is 0 Å². The first-order valence-electron chi connectivity index (χ1n) is 6.08. The molecule has 20 heavy (non-hydrogen) atoms. The maximum Gasteiger partial charge on any atom is 0.197 e. The lowest BCUT2D eigenvalue weighted by molar-refractivity contribution is 0.103. The highest BCUT2D eigenvalue weighted by Crippen LogP contribution is 2.30. The minimum atomic E-state index is -0.108. The highest BCUT2D eigenvalue weighted by atomic mass is 79.9. The van der Waals surface area contributed by atoms with Crippen molar-refractivity contribution in [2.24, 2.45) is 0 Å². The number of hydrogen-bond donors (Lipinski definition) is 1. The van der Waals surface area contributed by atoms with Gasteiger partial charge in [0.2, 0.25) is 0 Å². The molecule has 0 aliphatic rings. The second kappa shape index (κ2) is 4.80. The lowest BCUT2D eigenvalue weighted by Gasteiger charge is -2.01. The Morgan fingerprint density at radius 3 is 2.55 bits per heavy atom. The number of hydrogen-bond acceptors (Lipinski definition) is 3. The maximum absolute atomic E-state index is 12.6. The number of halogens is 1. The van der Waals surface area contributed by atoms with E-state index >= 15 is 0 Å². The van der Waals surface area contributed by atoms with Crippen LogP contribution in [0.5, 0.6) is 5.75 Å². The topological polar surface area (TPSA) is 50.4 Å². The van der Waals surface area contributed by atoms with Gasteiger partial charge in [-0.1, -0.05) is 15.9 Å². The van der Waals surface area contributed by atoms with Gasteiger partial charge < -0.3 is 9.52 Å². The Morgan fingerprint density at radius 2 is 1.85 bits per heavy atom. The number of aromatic hydroxyl groups is 1. The SMILES string of the molecule is Cc1oc2cc(Br)ccc2c1C(=O)c1ccc(O)cc1. The third-order valence-corrected chi connectivity index (χ3v) is 3.68. The number of rotatable bonds is 2. The van der Waals surface area contributed by atoms with Gasteiger partial charge in [0.1, 0.15) is 17.1 Å². The average Bonchev–Trinajstić information content (AvgIpc) is 2.73. The van der Waals surface area contributed by atoms with Crippen molar-refractivity contribution in [3.8, 4) is 5.75 Å². The quantitative estimate of drug-likeness (QED) is 0.706. The van der Waals surface area contributed by atoms with E-state index in [1.54, 1.807) is 19.1 Å². The van der Waals surface area contributed by atoms with Gasteiger partial charge in [0.05, 0.1) is 5.56 Å². The minimum absolute atomic E-state index is 0.108. The molecule has 0 unspecified atom stereocenters. The van der Waals surface area contributed by atoms with E-state index in [0.717, 1.165) is 9.86 Å². The molecule has 3 nitrogen and oxygen atoms in total. The van der Waals surface area contributed by atoms with E-state index in [1.807, 2.05) is 18.2 Å². The Kier molecular flexibility index (Phi) is 3.10. The van der Waals surface area contributed by atoms with Crippen molar-refractivity contribution in [3.05, 3.63) is 63.8 Å². The summed E-state index contributed by atoms with van der Waals surface area (Å²) < 4.78 is 6.55. The van der Waals surface area contributed by atoms with Crippen LogP contribution in [0, 0.1) is 6.92 Å². The Labute approximate surface area is 124 Å². The summed E-state index contributed by atoms with van der Waals surface area (Å²) >= 11 is 3.38. The summed E-state index contributed by atoms with van der Waals surface area (Å²) in [5.41, 5.74) is 1.77. The molecule has 3 rings (SSSR count). The second-order valence-corrected chi connectivity index (χ2v) is 5.47. The fraction of sp³-hybridized carbons (Fsp3) is 0.0625. The third kappa shape index (κ3) is 2.12. The molecular formula is C16H11BrO3. The van der Waals surface area contributed by atoms with Crippen molar-refractivity contribution in [1.82, 2.24) is 0 Å². The highest BCUT2D eigenvalue weighted by Gasteiger charge is 2.19. The van der Waals surface area contributed by atoms with E-state index in [9.17, 15) is 9.90 Å². The summed E-state index contributed by atoms with van der Waals surface area (Å²) in [6.07, 6.45) is 0. The summed E-state index contributed by atoms with van der Waals surface area (Å²) in [5, 5.41) is 10.1. The van der Waals surface area contributed by atoms with E-state index in [0.29, 0.717) is 22.5 Å². The average molecular weight is 331 g/mol. The fourth-order valence-corrected chi connectivity index (χ4v) is 2.57. The molecule has 4 heteroatoms. The lowest BCUT2D eigenvalue weighted by atomic mass is 10.0. The molecule has 0 saturated heterocycles. The van der Waals surface area contributed by atoms with E-state index in [4.69, 9.17) is 4.42 Å². The van der Waals surface area contributed by atoms with Crippen molar-refractivity contribution in [2.45, 2.75) is 6.92 Å². The van der Waals surface area contributed by atoms with Crippen molar-refractivity contribution >= 4 is 32.7 Å². The molecule has 1 N–H and O–H groups in total. The summed E-state index contributed by atoms with van der Waals surface area (Å²) in [6.45, 7) is 1.78. The largest absolute Gasteiger partial charge is 0.508 e. The van der Waals surface area contributed by atoms with Gasteiger partial charge >= 0.3 is 0 Å². The molecule has 0 fully saturated rings. The Morgan fingerprint density at radius 1 is 1.15 bits per heavy atom. The predicted molar refractivity (Wildman–Crippen MR) is 80.2 cm³/mol. The number of phenolic OH excluding ortho intramolecular Hbond substituents is 1. The zero-order valence-electron chi connectivity index (χ0n) is 10.7. The molecule has 0 saturated carbocycles. The summed E-state index contributed by atoms with van der Waals surface area (Å²) in [5.74, 6) is 0.624. The Balaban J connectivity index is 2.16. The van der Waals surface area contributed by atoms with E-state index < -0.39 is 0 Å². The van der Waals surface area contributed by atoms with Crippen molar-refractivity contribution < 1.29 is 14.3 Å². The zero-order valence-corrected chi connectivity index (χ0v) is 12.3. The van der Waals surface area contributed by atoms with Crippen molar-refractivity contribution in [1.29, 1.82) is 0 Å². The number of phenols is 1. The van der Waals surface area contributed by atoms with Crippen LogP contribution in [0.15, 0.2) is 51.4 Å². The maximum atomic E-state index is 12.6.